The molecule has 3 rings (SSSR count). The van der Waals surface area contributed by atoms with Gasteiger partial charge in [-0.25, -0.2) is 0 Å². The zero-order valence-corrected chi connectivity index (χ0v) is 9.33. The molecule has 0 radical (unpaired) electrons. The van der Waals surface area contributed by atoms with Gasteiger partial charge < -0.3 is 0 Å². The lowest BCUT2D eigenvalue weighted by molar-refractivity contribution is 1.01. The lowest BCUT2D eigenvalue weighted by atomic mass is 10.2. The first-order valence-electron chi connectivity index (χ1n) is 4.78. The molecule has 1 aliphatic heterocycles. The minimum Gasteiger partial charge on any atom is -0.0922 e. The van der Waals surface area contributed by atoms with Crippen molar-refractivity contribution in [3.63, 3.8) is 0 Å². The van der Waals surface area contributed by atoms with Crippen LogP contribution in [-0.4, -0.2) is 0 Å². The van der Waals surface area contributed by atoms with Crippen molar-refractivity contribution < 1.29 is 0 Å². The fourth-order valence-corrected chi connectivity index (χ4v) is 4.08. The van der Waals surface area contributed by atoms with E-state index in [9.17, 15) is 0 Å². The monoisotopic (exact) mass is 218 g/mol. The highest BCUT2D eigenvalue weighted by atomic mass is 32.2. The minimum atomic E-state index is 1.20. The Labute approximate surface area is 92.5 Å². The van der Waals surface area contributed by atoms with Gasteiger partial charge in [0.1, 0.15) is 0 Å². The SMILES string of the molecule is C1=CC2=C(CC1)Sc1ccccc1S2. The van der Waals surface area contributed by atoms with Crippen LogP contribution in [0.25, 0.3) is 0 Å². The van der Waals surface area contributed by atoms with Crippen molar-refractivity contribution in [1.82, 2.24) is 0 Å². The Hall–Kier alpha value is -0.600. The van der Waals surface area contributed by atoms with Gasteiger partial charge in [0.25, 0.3) is 0 Å². The van der Waals surface area contributed by atoms with E-state index in [1.807, 2.05) is 23.5 Å². The van der Waals surface area contributed by atoms with Crippen LogP contribution >= 0.6 is 23.5 Å². The summed E-state index contributed by atoms with van der Waals surface area (Å²) in [7, 11) is 0. The molecule has 1 aromatic carbocycles. The highest BCUT2D eigenvalue weighted by Gasteiger charge is 2.18. The van der Waals surface area contributed by atoms with Crippen LogP contribution in [0.4, 0.5) is 0 Å². The first kappa shape index (κ1) is 8.69. The van der Waals surface area contributed by atoms with Gasteiger partial charge in [0, 0.05) is 19.6 Å². The Bertz CT molecular complexity index is 430. The van der Waals surface area contributed by atoms with Crippen LogP contribution in [0.1, 0.15) is 12.8 Å². The summed E-state index contributed by atoms with van der Waals surface area (Å²) in [5, 5.41) is 0. The third-order valence-corrected chi connectivity index (χ3v) is 5.07. The maximum Gasteiger partial charge on any atom is 0.0262 e. The molecule has 1 aliphatic carbocycles. The third kappa shape index (κ3) is 1.43. The summed E-state index contributed by atoms with van der Waals surface area (Å²) < 4.78 is 0. The average Bonchev–Trinajstić information content (AvgIpc) is 2.26. The molecule has 0 N–H and O–H groups in total. The van der Waals surface area contributed by atoms with Crippen molar-refractivity contribution in [2.24, 2.45) is 0 Å². The number of hydrogen-bond donors (Lipinski definition) is 0. The second-order valence-electron chi connectivity index (χ2n) is 3.38. The molecule has 0 bridgehead atoms. The molecule has 0 saturated heterocycles. The molecule has 14 heavy (non-hydrogen) atoms. The van der Waals surface area contributed by atoms with Crippen molar-refractivity contribution >= 4 is 23.5 Å². The van der Waals surface area contributed by atoms with Gasteiger partial charge in [0.15, 0.2) is 0 Å². The summed E-state index contributed by atoms with van der Waals surface area (Å²) in [4.78, 5) is 5.84. The average molecular weight is 218 g/mol. The molecule has 0 fully saturated rings. The van der Waals surface area contributed by atoms with Crippen LogP contribution in [0, 0.1) is 0 Å². The Morgan fingerprint density at radius 2 is 1.79 bits per heavy atom. The van der Waals surface area contributed by atoms with E-state index in [0.717, 1.165) is 0 Å². The second-order valence-corrected chi connectivity index (χ2v) is 5.60. The van der Waals surface area contributed by atoms with Gasteiger partial charge in [-0.1, -0.05) is 47.8 Å². The maximum absolute atomic E-state index is 2.28. The Morgan fingerprint density at radius 1 is 1.00 bits per heavy atom. The first-order chi connectivity index (χ1) is 6.93. The van der Waals surface area contributed by atoms with E-state index in [-0.39, 0.29) is 0 Å². The van der Waals surface area contributed by atoms with Crippen LogP contribution in [0.2, 0.25) is 0 Å². The zero-order valence-electron chi connectivity index (χ0n) is 7.69. The normalized spacial score (nSPS) is 19.1. The van der Waals surface area contributed by atoms with Crippen molar-refractivity contribution in [3.05, 3.63) is 46.2 Å². The molecule has 0 saturated carbocycles. The summed E-state index contributed by atoms with van der Waals surface area (Å²) in [6.07, 6.45) is 6.97. The van der Waals surface area contributed by atoms with Crippen LogP contribution in [0.15, 0.2) is 56.0 Å². The van der Waals surface area contributed by atoms with Gasteiger partial charge in [0.2, 0.25) is 0 Å². The van der Waals surface area contributed by atoms with Gasteiger partial charge in [-0.15, -0.1) is 0 Å². The second kappa shape index (κ2) is 3.52. The molecule has 1 aromatic rings. The minimum absolute atomic E-state index is 1.20. The fourth-order valence-electron chi connectivity index (χ4n) is 1.68. The molecule has 0 atom stereocenters. The molecular formula is C12H10S2. The van der Waals surface area contributed by atoms with E-state index in [1.165, 1.54) is 27.5 Å². The largest absolute Gasteiger partial charge is 0.0922 e. The van der Waals surface area contributed by atoms with E-state index in [0.29, 0.717) is 0 Å². The maximum atomic E-state index is 2.28. The summed E-state index contributed by atoms with van der Waals surface area (Å²) in [5.41, 5.74) is 0. The Kier molecular flexibility index (Phi) is 2.18. The molecule has 0 unspecified atom stereocenters. The van der Waals surface area contributed by atoms with Gasteiger partial charge in [-0.3, -0.25) is 0 Å². The van der Waals surface area contributed by atoms with Crippen LogP contribution in [0.5, 0.6) is 0 Å². The quantitative estimate of drug-likeness (QED) is 0.631. The molecule has 0 nitrogen and oxygen atoms in total. The summed E-state index contributed by atoms with van der Waals surface area (Å²) in [6.45, 7) is 0. The number of thioether (sulfide) groups is 2. The van der Waals surface area contributed by atoms with Crippen LogP contribution in [0.3, 0.4) is 0 Å². The number of allylic oxidation sites excluding steroid dienone is 3. The molecule has 1 heterocycles. The zero-order chi connectivity index (χ0) is 9.38. The summed E-state index contributed by atoms with van der Waals surface area (Å²) in [6, 6.07) is 8.66. The van der Waals surface area contributed by atoms with Crippen molar-refractivity contribution in [2.45, 2.75) is 22.6 Å². The third-order valence-electron chi connectivity index (χ3n) is 2.38. The number of rotatable bonds is 0. The lowest BCUT2D eigenvalue weighted by Gasteiger charge is -2.21. The Balaban J connectivity index is 2.03. The van der Waals surface area contributed by atoms with E-state index in [1.54, 1.807) is 4.91 Å². The highest BCUT2D eigenvalue weighted by Crippen LogP contribution is 2.49. The van der Waals surface area contributed by atoms with Crippen molar-refractivity contribution in [1.29, 1.82) is 0 Å². The smallest absolute Gasteiger partial charge is 0.0262 e. The highest BCUT2D eigenvalue weighted by molar-refractivity contribution is 8.09. The predicted molar refractivity (Wildman–Crippen MR) is 63.6 cm³/mol. The Morgan fingerprint density at radius 3 is 2.64 bits per heavy atom. The van der Waals surface area contributed by atoms with Gasteiger partial charge >= 0.3 is 0 Å². The molecular weight excluding hydrogens is 208 g/mol. The van der Waals surface area contributed by atoms with Gasteiger partial charge in [0.05, 0.1) is 0 Å². The predicted octanol–water partition coefficient (Wildman–Crippen LogP) is 4.45. The molecule has 0 amide bonds. The standard InChI is InChI=1S/C12H10S2/c1-2-6-10-9(5-1)13-11-7-3-4-8-12(11)14-10/h1-3,5-7H,4,8H2. The number of fused-ring (bicyclic) bond motifs is 1. The van der Waals surface area contributed by atoms with E-state index >= 15 is 0 Å². The molecule has 0 aromatic heterocycles. The van der Waals surface area contributed by atoms with Crippen molar-refractivity contribution in [2.75, 3.05) is 0 Å². The topological polar surface area (TPSA) is 0 Å². The van der Waals surface area contributed by atoms with Gasteiger partial charge in [-0.05, 0) is 25.0 Å². The molecule has 2 heteroatoms. The molecule has 2 aliphatic rings. The number of benzene rings is 1. The van der Waals surface area contributed by atoms with E-state index in [2.05, 4.69) is 36.4 Å². The van der Waals surface area contributed by atoms with E-state index < -0.39 is 0 Å². The lowest BCUT2D eigenvalue weighted by Crippen LogP contribution is -1.94. The van der Waals surface area contributed by atoms with Crippen LogP contribution < -0.4 is 0 Å². The van der Waals surface area contributed by atoms with Crippen molar-refractivity contribution in [3.8, 4) is 0 Å². The molecule has 70 valence electrons. The van der Waals surface area contributed by atoms with E-state index in [4.69, 9.17) is 0 Å². The first-order valence-corrected chi connectivity index (χ1v) is 6.41. The van der Waals surface area contributed by atoms with Gasteiger partial charge in [-0.2, -0.15) is 0 Å². The molecule has 0 spiro atoms. The number of hydrogen-bond acceptors (Lipinski definition) is 2. The summed E-state index contributed by atoms with van der Waals surface area (Å²) in [5.74, 6) is 0. The summed E-state index contributed by atoms with van der Waals surface area (Å²) >= 11 is 3.86. The van der Waals surface area contributed by atoms with Crippen LogP contribution in [-0.2, 0) is 0 Å². The fraction of sp³-hybridized carbons (Fsp3) is 0.167.